The van der Waals surface area contributed by atoms with Gasteiger partial charge in [-0.1, -0.05) is 25.5 Å². The monoisotopic (exact) mass is 277 g/mol. The van der Waals surface area contributed by atoms with Crippen molar-refractivity contribution in [1.82, 2.24) is 4.90 Å². The van der Waals surface area contributed by atoms with E-state index in [0.29, 0.717) is 25.4 Å². The van der Waals surface area contributed by atoms with Crippen molar-refractivity contribution >= 4 is 11.6 Å². The highest BCUT2D eigenvalue weighted by Gasteiger charge is 2.14. The number of nitrogens with zero attached hydrogens (tertiary/aromatic N) is 2. The predicted octanol–water partition coefficient (Wildman–Crippen LogP) is 2.09. The largest absolute Gasteiger partial charge is 0.378 e. The van der Waals surface area contributed by atoms with Gasteiger partial charge in [-0.05, 0) is 30.2 Å². The Kier molecular flexibility index (Phi) is 6.52. The van der Waals surface area contributed by atoms with E-state index in [1.807, 2.05) is 21.1 Å². The van der Waals surface area contributed by atoms with Crippen LogP contribution in [0.25, 0.3) is 0 Å². The zero-order valence-electron chi connectivity index (χ0n) is 13.1. The van der Waals surface area contributed by atoms with E-state index in [1.54, 1.807) is 4.90 Å². The van der Waals surface area contributed by atoms with E-state index in [2.05, 4.69) is 36.1 Å². The van der Waals surface area contributed by atoms with Gasteiger partial charge in [-0.3, -0.25) is 4.79 Å². The second-order valence-corrected chi connectivity index (χ2v) is 5.52. The molecule has 1 rings (SSSR count). The molecule has 0 saturated heterocycles. The lowest BCUT2D eigenvalue weighted by Gasteiger charge is -2.21. The molecule has 1 aromatic carbocycles. The third-order valence-corrected chi connectivity index (χ3v) is 3.67. The van der Waals surface area contributed by atoms with Gasteiger partial charge in [0, 0.05) is 39.8 Å². The van der Waals surface area contributed by atoms with Crippen molar-refractivity contribution < 1.29 is 4.79 Å². The van der Waals surface area contributed by atoms with Gasteiger partial charge in [-0.15, -0.1) is 0 Å². The number of hydrogen-bond donors (Lipinski definition) is 1. The topological polar surface area (TPSA) is 49.6 Å². The van der Waals surface area contributed by atoms with Crippen LogP contribution < -0.4 is 10.6 Å². The molecule has 0 aliphatic rings. The molecule has 4 nitrogen and oxygen atoms in total. The fraction of sp³-hybridized carbons (Fsp3) is 0.562. The Hall–Kier alpha value is -1.55. The molecule has 1 aromatic rings. The highest BCUT2D eigenvalue weighted by atomic mass is 16.2. The summed E-state index contributed by atoms with van der Waals surface area (Å²) in [7, 11) is 5.89. The molecule has 0 aliphatic carbocycles. The second-order valence-electron chi connectivity index (χ2n) is 5.52. The van der Waals surface area contributed by atoms with Crippen LogP contribution in [0, 0.1) is 5.92 Å². The lowest BCUT2D eigenvalue weighted by Crippen LogP contribution is -2.29. The van der Waals surface area contributed by atoms with Gasteiger partial charge in [0.1, 0.15) is 0 Å². The van der Waals surface area contributed by atoms with Gasteiger partial charge in [0.05, 0.1) is 0 Å². The van der Waals surface area contributed by atoms with Crippen LogP contribution in [0.1, 0.15) is 25.3 Å². The zero-order valence-corrected chi connectivity index (χ0v) is 13.1. The summed E-state index contributed by atoms with van der Waals surface area (Å²) < 4.78 is 0. The van der Waals surface area contributed by atoms with Crippen LogP contribution in [0.2, 0.25) is 0 Å². The van der Waals surface area contributed by atoms with E-state index < -0.39 is 0 Å². The Morgan fingerprint density at radius 1 is 1.20 bits per heavy atom. The summed E-state index contributed by atoms with van der Waals surface area (Å²) in [6.45, 7) is 3.30. The maximum absolute atomic E-state index is 12.1. The van der Waals surface area contributed by atoms with Crippen LogP contribution in [0.15, 0.2) is 24.3 Å². The van der Waals surface area contributed by atoms with Crippen LogP contribution in [0.4, 0.5) is 5.69 Å². The Morgan fingerprint density at radius 2 is 1.80 bits per heavy atom. The summed E-state index contributed by atoms with van der Waals surface area (Å²) >= 11 is 0. The average Bonchev–Trinajstić information content (AvgIpc) is 2.44. The molecule has 2 N–H and O–H groups in total. The number of amides is 1. The minimum absolute atomic E-state index is 0.166. The third kappa shape index (κ3) is 4.85. The van der Waals surface area contributed by atoms with Crippen LogP contribution in [0.5, 0.6) is 0 Å². The first-order valence-corrected chi connectivity index (χ1v) is 7.18. The number of anilines is 1. The molecule has 112 valence electrons. The molecule has 0 bridgehead atoms. The maximum Gasteiger partial charge on any atom is 0.222 e. The van der Waals surface area contributed by atoms with E-state index in [9.17, 15) is 4.79 Å². The number of carbonyl (C=O) groups is 1. The minimum atomic E-state index is 0.166. The Balaban J connectivity index is 2.56. The van der Waals surface area contributed by atoms with Crippen molar-refractivity contribution in [3.63, 3.8) is 0 Å². The third-order valence-electron chi connectivity index (χ3n) is 3.67. The van der Waals surface area contributed by atoms with Crippen LogP contribution in [-0.2, 0) is 11.3 Å². The van der Waals surface area contributed by atoms with Crippen molar-refractivity contribution in [2.45, 2.75) is 26.3 Å². The summed E-state index contributed by atoms with van der Waals surface area (Å²) in [5, 5.41) is 0. The zero-order chi connectivity index (χ0) is 15.1. The molecule has 1 unspecified atom stereocenters. The smallest absolute Gasteiger partial charge is 0.222 e. The summed E-state index contributed by atoms with van der Waals surface area (Å²) in [6, 6.07) is 8.28. The van der Waals surface area contributed by atoms with Gasteiger partial charge in [0.25, 0.3) is 0 Å². The van der Waals surface area contributed by atoms with E-state index in [1.165, 1.54) is 0 Å². The molecular weight excluding hydrogens is 250 g/mol. The molecule has 1 atom stereocenters. The number of carbonyl (C=O) groups excluding carboxylic acids is 1. The molecule has 0 radical (unpaired) electrons. The standard InChI is InChI=1S/C16H27N3O/c1-5-13(11-17)10-16(20)19(4)12-14-6-8-15(9-7-14)18(2)3/h6-9,13H,5,10-12,17H2,1-4H3. The number of rotatable bonds is 7. The molecule has 0 fully saturated rings. The fourth-order valence-electron chi connectivity index (χ4n) is 2.06. The van der Waals surface area contributed by atoms with Crippen LogP contribution >= 0.6 is 0 Å². The summed E-state index contributed by atoms with van der Waals surface area (Å²) in [6.07, 6.45) is 1.49. The molecular formula is C16H27N3O. The predicted molar refractivity (Wildman–Crippen MR) is 84.7 cm³/mol. The van der Waals surface area contributed by atoms with Gasteiger partial charge in [0.2, 0.25) is 5.91 Å². The lowest BCUT2D eigenvalue weighted by molar-refractivity contribution is -0.131. The van der Waals surface area contributed by atoms with E-state index in [4.69, 9.17) is 5.73 Å². The van der Waals surface area contributed by atoms with Crippen molar-refractivity contribution in [3.8, 4) is 0 Å². The van der Waals surface area contributed by atoms with Gasteiger partial charge in [-0.25, -0.2) is 0 Å². The molecule has 4 heteroatoms. The van der Waals surface area contributed by atoms with E-state index in [0.717, 1.165) is 17.7 Å². The molecule has 0 heterocycles. The van der Waals surface area contributed by atoms with Gasteiger partial charge in [-0.2, -0.15) is 0 Å². The van der Waals surface area contributed by atoms with Crippen molar-refractivity contribution in [2.75, 3.05) is 32.6 Å². The molecule has 1 amide bonds. The van der Waals surface area contributed by atoms with Gasteiger partial charge in [0.15, 0.2) is 0 Å². The average molecular weight is 277 g/mol. The Morgan fingerprint density at radius 3 is 2.25 bits per heavy atom. The van der Waals surface area contributed by atoms with Crippen molar-refractivity contribution in [2.24, 2.45) is 11.7 Å². The molecule has 0 aromatic heterocycles. The molecule has 20 heavy (non-hydrogen) atoms. The van der Waals surface area contributed by atoms with Gasteiger partial charge < -0.3 is 15.5 Å². The quantitative estimate of drug-likeness (QED) is 0.830. The minimum Gasteiger partial charge on any atom is -0.378 e. The first-order chi connectivity index (χ1) is 9.47. The van der Waals surface area contributed by atoms with E-state index in [-0.39, 0.29) is 5.91 Å². The molecule has 0 aliphatic heterocycles. The highest BCUT2D eigenvalue weighted by molar-refractivity contribution is 5.76. The van der Waals surface area contributed by atoms with E-state index >= 15 is 0 Å². The second kappa shape index (κ2) is 7.90. The number of hydrogen-bond acceptors (Lipinski definition) is 3. The normalized spacial score (nSPS) is 12.1. The van der Waals surface area contributed by atoms with Crippen molar-refractivity contribution in [3.05, 3.63) is 29.8 Å². The number of nitrogens with two attached hydrogens (primary N) is 1. The molecule has 0 spiro atoms. The maximum atomic E-state index is 12.1. The SMILES string of the molecule is CCC(CN)CC(=O)N(C)Cc1ccc(N(C)C)cc1. The van der Waals surface area contributed by atoms with Gasteiger partial charge >= 0.3 is 0 Å². The van der Waals surface area contributed by atoms with Crippen LogP contribution in [0.3, 0.4) is 0 Å². The number of benzene rings is 1. The Labute approximate surface area is 122 Å². The Bertz CT molecular complexity index is 410. The summed E-state index contributed by atoms with van der Waals surface area (Å²) in [4.78, 5) is 16.0. The summed E-state index contributed by atoms with van der Waals surface area (Å²) in [5.41, 5.74) is 7.96. The molecule has 0 saturated carbocycles. The first-order valence-electron chi connectivity index (χ1n) is 7.18. The highest BCUT2D eigenvalue weighted by Crippen LogP contribution is 2.14. The van der Waals surface area contributed by atoms with Crippen LogP contribution in [-0.4, -0.2) is 38.5 Å². The fourth-order valence-corrected chi connectivity index (χ4v) is 2.06. The first kappa shape index (κ1) is 16.5. The lowest BCUT2D eigenvalue weighted by atomic mass is 10.0. The summed E-state index contributed by atoms with van der Waals surface area (Å²) in [5.74, 6) is 0.458. The van der Waals surface area contributed by atoms with Crippen molar-refractivity contribution in [1.29, 1.82) is 0 Å².